The average Bonchev–Trinajstić information content (AvgIpc) is 3.51. The Morgan fingerprint density at radius 1 is 1.08 bits per heavy atom. The number of carbonyl (C=O) groups excluding carboxylic acids is 2. The van der Waals surface area contributed by atoms with Crippen LogP contribution in [-0.2, 0) is 11.3 Å². The molecular weight excluding hydrogens is 456 g/mol. The molecule has 2 amide bonds. The predicted octanol–water partition coefficient (Wildman–Crippen LogP) is 2.95. The summed E-state index contributed by atoms with van der Waals surface area (Å²) in [5, 5.41) is 5.63. The molecule has 4 heterocycles. The van der Waals surface area contributed by atoms with Crippen LogP contribution in [0.15, 0.2) is 84.4 Å². The molecule has 3 N–H and O–H groups in total. The number of pyridine rings is 2. The predicted molar refractivity (Wildman–Crippen MR) is 137 cm³/mol. The summed E-state index contributed by atoms with van der Waals surface area (Å²) in [5.41, 5.74) is 4.29. The van der Waals surface area contributed by atoms with Crippen molar-refractivity contribution < 1.29 is 9.59 Å². The SMILES string of the molecule is O=C1Nc2cc(/C=C/CNC(=O)c3cccn(Cc4cccnc4)c3=O)ccc2C1=Cc1cnc[nH]1. The molecule has 5 rings (SSSR count). The maximum atomic E-state index is 12.7. The van der Waals surface area contributed by atoms with Crippen molar-refractivity contribution in [2.75, 3.05) is 11.9 Å². The average molecular weight is 479 g/mol. The quantitative estimate of drug-likeness (QED) is 0.353. The van der Waals surface area contributed by atoms with E-state index in [2.05, 4.69) is 25.6 Å². The molecule has 0 spiro atoms. The van der Waals surface area contributed by atoms with E-state index < -0.39 is 5.91 Å². The first-order valence-electron chi connectivity index (χ1n) is 11.3. The van der Waals surface area contributed by atoms with Gasteiger partial charge in [-0.1, -0.05) is 30.4 Å². The Labute approximate surface area is 206 Å². The molecule has 9 heteroatoms. The molecule has 0 bridgehead atoms. The summed E-state index contributed by atoms with van der Waals surface area (Å²) in [6, 6.07) is 12.5. The van der Waals surface area contributed by atoms with Gasteiger partial charge < -0.3 is 20.2 Å². The van der Waals surface area contributed by atoms with Crippen LogP contribution in [0.3, 0.4) is 0 Å². The number of amides is 2. The Kier molecular flexibility index (Phi) is 6.35. The topological polar surface area (TPSA) is 122 Å². The van der Waals surface area contributed by atoms with Gasteiger partial charge in [0.15, 0.2) is 0 Å². The summed E-state index contributed by atoms with van der Waals surface area (Å²) in [4.78, 5) is 48.7. The number of H-pyrrole nitrogens is 1. The molecule has 0 atom stereocenters. The van der Waals surface area contributed by atoms with Gasteiger partial charge in [0.1, 0.15) is 5.56 Å². The number of carbonyl (C=O) groups is 2. The van der Waals surface area contributed by atoms with E-state index in [-0.39, 0.29) is 23.6 Å². The fourth-order valence-electron chi connectivity index (χ4n) is 3.92. The highest BCUT2D eigenvalue weighted by molar-refractivity contribution is 6.34. The van der Waals surface area contributed by atoms with Crippen molar-refractivity contribution in [3.8, 4) is 0 Å². The van der Waals surface area contributed by atoms with Crippen molar-refractivity contribution in [1.29, 1.82) is 0 Å². The van der Waals surface area contributed by atoms with Crippen LogP contribution in [-0.4, -0.2) is 37.9 Å². The third-order valence-electron chi connectivity index (χ3n) is 5.68. The van der Waals surface area contributed by atoms with E-state index in [1.807, 2.05) is 30.3 Å². The number of hydrogen-bond acceptors (Lipinski definition) is 5. The maximum Gasteiger partial charge on any atom is 0.263 e. The van der Waals surface area contributed by atoms with Gasteiger partial charge in [0.25, 0.3) is 17.4 Å². The number of nitrogens with one attached hydrogen (secondary N) is 3. The second-order valence-corrected chi connectivity index (χ2v) is 8.15. The standard InChI is InChI=1S/C27H22N6O3/c34-25(22-6-3-11-33(27(22)36)16-19-5-1-9-28-14-19)30-10-2-4-18-7-8-21-23(13-20-15-29-17-31-20)26(35)32-24(21)12-18/h1-9,11-15,17H,10,16H2,(H,29,31)(H,30,34)(H,32,35)/b4-2+,23-13?. The van der Waals surface area contributed by atoms with Gasteiger partial charge in [0.05, 0.1) is 30.3 Å². The smallest absolute Gasteiger partial charge is 0.263 e. The first kappa shape index (κ1) is 22.7. The van der Waals surface area contributed by atoms with Crippen molar-refractivity contribution in [2.45, 2.75) is 6.54 Å². The van der Waals surface area contributed by atoms with Gasteiger partial charge in [-0.3, -0.25) is 19.4 Å². The Hall–Kier alpha value is -5.05. The third-order valence-corrected chi connectivity index (χ3v) is 5.68. The lowest BCUT2D eigenvalue weighted by molar-refractivity contribution is -0.110. The second-order valence-electron chi connectivity index (χ2n) is 8.15. The van der Waals surface area contributed by atoms with Crippen molar-refractivity contribution in [1.82, 2.24) is 24.8 Å². The van der Waals surface area contributed by atoms with Gasteiger partial charge >= 0.3 is 0 Å². The Morgan fingerprint density at radius 3 is 2.81 bits per heavy atom. The van der Waals surface area contributed by atoms with Crippen LogP contribution in [0.2, 0.25) is 0 Å². The third kappa shape index (κ3) is 4.90. The van der Waals surface area contributed by atoms with Crippen LogP contribution in [0.5, 0.6) is 0 Å². The Balaban J connectivity index is 1.22. The van der Waals surface area contributed by atoms with Gasteiger partial charge in [-0.25, -0.2) is 4.98 Å². The lowest BCUT2D eigenvalue weighted by Crippen LogP contribution is -2.33. The minimum atomic E-state index is -0.444. The zero-order valence-electron chi connectivity index (χ0n) is 19.1. The molecule has 0 aliphatic carbocycles. The summed E-state index contributed by atoms with van der Waals surface area (Å²) >= 11 is 0. The Bertz CT molecular complexity index is 1540. The van der Waals surface area contributed by atoms with Gasteiger partial charge in [-0.05, 0) is 41.5 Å². The number of aromatic nitrogens is 4. The monoisotopic (exact) mass is 478 g/mol. The van der Waals surface area contributed by atoms with Crippen LogP contribution in [0.1, 0.15) is 32.7 Å². The van der Waals surface area contributed by atoms with Crippen molar-refractivity contribution in [2.24, 2.45) is 0 Å². The van der Waals surface area contributed by atoms with Crippen LogP contribution >= 0.6 is 0 Å². The van der Waals surface area contributed by atoms with Crippen LogP contribution in [0.4, 0.5) is 5.69 Å². The number of rotatable bonds is 7. The number of nitrogens with zero attached hydrogens (tertiary/aromatic N) is 3. The first-order valence-corrected chi connectivity index (χ1v) is 11.3. The lowest BCUT2D eigenvalue weighted by atomic mass is 10.0. The number of benzene rings is 1. The summed E-state index contributed by atoms with van der Waals surface area (Å²) in [5.74, 6) is -0.620. The number of fused-ring (bicyclic) bond motifs is 1. The molecule has 0 saturated heterocycles. The molecule has 1 aliphatic heterocycles. The van der Waals surface area contributed by atoms with Gasteiger partial charge in [0, 0.05) is 36.4 Å². The lowest BCUT2D eigenvalue weighted by Gasteiger charge is -2.08. The highest BCUT2D eigenvalue weighted by atomic mass is 16.2. The van der Waals surface area contributed by atoms with Crippen LogP contribution in [0, 0.1) is 0 Å². The normalized spacial score (nSPS) is 13.7. The minimum Gasteiger partial charge on any atom is -0.348 e. The van der Waals surface area contributed by atoms with Crippen molar-refractivity contribution in [3.05, 3.63) is 118 Å². The molecule has 1 aliphatic rings. The minimum absolute atomic E-state index is 0.0756. The fourth-order valence-corrected chi connectivity index (χ4v) is 3.92. The highest BCUT2D eigenvalue weighted by Gasteiger charge is 2.24. The van der Waals surface area contributed by atoms with E-state index in [0.717, 1.165) is 28.1 Å². The molecule has 178 valence electrons. The second kappa shape index (κ2) is 10.1. The number of aromatic amines is 1. The summed E-state index contributed by atoms with van der Waals surface area (Å²) in [6.07, 6.45) is 13.6. The zero-order valence-corrected chi connectivity index (χ0v) is 19.1. The molecule has 0 fully saturated rings. The van der Waals surface area contributed by atoms with Crippen molar-refractivity contribution in [3.63, 3.8) is 0 Å². The Morgan fingerprint density at radius 2 is 2.00 bits per heavy atom. The van der Waals surface area contributed by atoms with Crippen LogP contribution in [0.25, 0.3) is 17.7 Å². The number of hydrogen-bond donors (Lipinski definition) is 3. The maximum absolute atomic E-state index is 12.7. The molecule has 36 heavy (non-hydrogen) atoms. The molecule has 0 saturated carbocycles. The van der Waals surface area contributed by atoms with Gasteiger partial charge in [0.2, 0.25) is 0 Å². The molecule has 0 unspecified atom stereocenters. The zero-order chi connectivity index (χ0) is 24.9. The number of imidazole rings is 1. The molecule has 4 aromatic rings. The molecule has 3 aromatic heterocycles. The molecular formula is C27H22N6O3. The first-order chi connectivity index (χ1) is 17.6. The molecule has 1 aromatic carbocycles. The van der Waals surface area contributed by atoms with E-state index in [4.69, 9.17) is 0 Å². The van der Waals surface area contributed by atoms with Gasteiger partial charge in [-0.15, -0.1) is 0 Å². The summed E-state index contributed by atoms with van der Waals surface area (Å²) in [7, 11) is 0. The number of anilines is 1. The van der Waals surface area contributed by atoms with E-state index in [1.54, 1.807) is 55.4 Å². The highest BCUT2D eigenvalue weighted by Crippen LogP contribution is 2.33. The van der Waals surface area contributed by atoms with E-state index in [9.17, 15) is 14.4 Å². The molecule has 9 nitrogen and oxygen atoms in total. The van der Waals surface area contributed by atoms with Crippen LogP contribution < -0.4 is 16.2 Å². The molecule has 0 radical (unpaired) electrons. The summed E-state index contributed by atoms with van der Waals surface area (Å²) < 4.78 is 1.48. The van der Waals surface area contributed by atoms with E-state index >= 15 is 0 Å². The fraction of sp³-hybridized carbons (Fsp3) is 0.0741. The van der Waals surface area contributed by atoms with E-state index in [0.29, 0.717) is 12.1 Å². The van der Waals surface area contributed by atoms with Gasteiger partial charge in [-0.2, -0.15) is 0 Å². The largest absolute Gasteiger partial charge is 0.348 e. The summed E-state index contributed by atoms with van der Waals surface area (Å²) in [6.45, 7) is 0.575. The van der Waals surface area contributed by atoms with Crippen molar-refractivity contribution >= 4 is 35.2 Å². The van der Waals surface area contributed by atoms with E-state index in [1.165, 1.54) is 10.6 Å².